The van der Waals surface area contributed by atoms with E-state index in [-0.39, 0.29) is 18.1 Å². The third-order valence-corrected chi connectivity index (χ3v) is 3.51. The predicted molar refractivity (Wildman–Crippen MR) is 70.5 cm³/mol. The maximum atomic E-state index is 12.8. The number of aliphatic carboxylic acids is 1. The summed E-state index contributed by atoms with van der Waals surface area (Å²) in [5.41, 5.74) is 6.60. The van der Waals surface area contributed by atoms with Crippen LogP contribution in [-0.4, -0.2) is 40.5 Å². The Bertz CT molecular complexity index is 504. The van der Waals surface area contributed by atoms with Crippen molar-refractivity contribution in [1.82, 2.24) is 4.90 Å². The molecular formula is C14H17FN2O3. The van der Waals surface area contributed by atoms with Crippen LogP contribution in [0.25, 0.3) is 0 Å². The van der Waals surface area contributed by atoms with Gasteiger partial charge in [0.25, 0.3) is 0 Å². The Kier molecular flexibility index (Phi) is 4.34. The van der Waals surface area contributed by atoms with Gasteiger partial charge in [0, 0.05) is 6.54 Å². The SMILES string of the molecule is N[C@@H](Cc1ccc(F)cc1)C(=O)N1CCC[C@H]1C(=O)O. The van der Waals surface area contributed by atoms with E-state index >= 15 is 0 Å². The van der Waals surface area contributed by atoms with Gasteiger partial charge in [-0.2, -0.15) is 0 Å². The fourth-order valence-corrected chi connectivity index (χ4v) is 2.46. The molecule has 0 bridgehead atoms. The second-order valence-electron chi connectivity index (χ2n) is 4.96. The largest absolute Gasteiger partial charge is 0.480 e. The number of carboxylic acids is 1. The highest BCUT2D eigenvalue weighted by Gasteiger charge is 2.35. The van der Waals surface area contributed by atoms with Gasteiger partial charge >= 0.3 is 5.97 Å². The first kappa shape index (κ1) is 14.5. The second kappa shape index (κ2) is 6.00. The lowest BCUT2D eigenvalue weighted by Crippen LogP contribution is -2.49. The minimum Gasteiger partial charge on any atom is -0.480 e. The highest BCUT2D eigenvalue weighted by molar-refractivity contribution is 5.87. The number of halogens is 1. The van der Waals surface area contributed by atoms with Gasteiger partial charge in [0.05, 0.1) is 6.04 Å². The summed E-state index contributed by atoms with van der Waals surface area (Å²) in [6.45, 7) is 0.424. The maximum absolute atomic E-state index is 12.8. The van der Waals surface area contributed by atoms with Gasteiger partial charge in [-0.05, 0) is 37.0 Å². The van der Waals surface area contributed by atoms with Crippen LogP contribution >= 0.6 is 0 Å². The minimum absolute atomic E-state index is 0.266. The number of amides is 1. The zero-order valence-electron chi connectivity index (χ0n) is 11.0. The molecule has 0 spiro atoms. The standard InChI is InChI=1S/C14H17FN2O3/c15-10-5-3-9(4-6-10)8-11(16)13(18)17-7-1-2-12(17)14(19)20/h3-6,11-12H,1-2,7-8,16H2,(H,19,20)/t11-,12-/m0/s1. The lowest BCUT2D eigenvalue weighted by atomic mass is 10.1. The Balaban J connectivity index is 2.01. The van der Waals surface area contributed by atoms with E-state index in [1.165, 1.54) is 17.0 Å². The lowest BCUT2D eigenvalue weighted by Gasteiger charge is -2.24. The Morgan fingerprint density at radius 2 is 2.05 bits per heavy atom. The van der Waals surface area contributed by atoms with E-state index < -0.39 is 18.1 Å². The van der Waals surface area contributed by atoms with Crippen LogP contribution in [0.2, 0.25) is 0 Å². The molecule has 3 N–H and O–H groups in total. The van der Waals surface area contributed by atoms with Crippen LogP contribution < -0.4 is 5.73 Å². The summed E-state index contributed by atoms with van der Waals surface area (Å²) < 4.78 is 12.8. The van der Waals surface area contributed by atoms with Crippen molar-refractivity contribution in [2.75, 3.05) is 6.54 Å². The van der Waals surface area contributed by atoms with Gasteiger partial charge in [0.1, 0.15) is 11.9 Å². The quantitative estimate of drug-likeness (QED) is 0.853. The fraction of sp³-hybridized carbons (Fsp3) is 0.429. The van der Waals surface area contributed by atoms with E-state index in [1.54, 1.807) is 12.1 Å². The number of carboxylic acid groups (broad SMARTS) is 1. The van der Waals surface area contributed by atoms with Gasteiger partial charge < -0.3 is 15.7 Å². The van der Waals surface area contributed by atoms with Crippen molar-refractivity contribution in [3.05, 3.63) is 35.6 Å². The first-order valence-electron chi connectivity index (χ1n) is 6.52. The van der Waals surface area contributed by atoms with Crippen LogP contribution in [0.1, 0.15) is 18.4 Å². The topological polar surface area (TPSA) is 83.6 Å². The molecule has 0 saturated carbocycles. The number of likely N-dealkylation sites (tertiary alicyclic amines) is 1. The average Bonchev–Trinajstić information content (AvgIpc) is 2.90. The van der Waals surface area contributed by atoms with Gasteiger partial charge in [0.2, 0.25) is 5.91 Å². The third-order valence-electron chi connectivity index (χ3n) is 3.51. The number of hydrogen-bond donors (Lipinski definition) is 2. The molecule has 1 saturated heterocycles. The number of nitrogens with zero attached hydrogens (tertiary/aromatic N) is 1. The first-order valence-corrected chi connectivity index (χ1v) is 6.52. The molecule has 1 aliphatic rings. The van der Waals surface area contributed by atoms with Crippen LogP contribution in [-0.2, 0) is 16.0 Å². The van der Waals surface area contributed by atoms with E-state index in [9.17, 15) is 14.0 Å². The van der Waals surface area contributed by atoms with Crippen molar-refractivity contribution < 1.29 is 19.1 Å². The highest BCUT2D eigenvalue weighted by Crippen LogP contribution is 2.19. The van der Waals surface area contributed by atoms with Crippen LogP contribution in [0.5, 0.6) is 0 Å². The van der Waals surface area contributed by atoms with Crippen molar-refractivity contribution in [3.63, 3.8) is 0 Å². The Morgan fingerprint density at radius 1 is 1.40 bits per heavy atom. The molecule has 2 atom stereocenters. The Hall–Kier alpha value is -1.95. The Labute approximate surface area is 116 Å². The minimum atomic E-state index is -0.996. The molecule has 1 fully saturated rings. The van der Waals surface area contributed by atoms with E-state index in [0.717, 1.165) is 5.56 Å². The molecule has 1 aliphatic heterocycles. The van der Waals surface area contributed by atoms with Gasteiger partial charge in [-0.3, -0.25) is 4.79 Å². The van der Waals surface area contributed by atoms with Crippen molar-refractivity contribution in [1.29, 1.82) is 0 Å². The number of rotatable bonds is 4. The maximum Gasteiger partial charge on any atom is 0.326 e. The molecule has 0 unspecified atom stereocenters. The first-order chi connectivity index (χ1) is 9.49. The molecule has 0 aliphatic carbocycles. The van der Waals surface area contributed by atoms with E-state index in [4.69, 9.17) is 10.8 Å². The van der Waals surface area contributed by atoms with Crippen LogP contribution in [0.3, 0.4) is 0 Å². The molecule has 0 radical (unpaired) electrons. The molecule has 0 aromatic heterocycles. The number of nitrogens with two attached hydrogens (primary N) is 1. The fourth-order valence-electron chi connectivity index (χ4n) is 2.46. The second-order valence-corrected chi connectivity index (χ2v) is 4.96. The van der Waals surface area contributed by atoms with Gasteiger partial charge in [0.15, 0.2) is 0 Å². The van der Waals surface area contributed by atoms with Crippen molar-refractivity contribution >= 4 is 11.9 Å². The summed E-state index contributed by atoms with van der Waals surface area (Å²) in [6.07, 6.45) is 1.40. The number of carbonyl (C=O) groups is 2. The van der Waals surface area contributed by atoms with E-state index in [1.807, 2.05) is 0 Å². The van der Waals surface area contributed by atoms with Gasteiger partial charge in [-0.25, -0.2) is 9.18 Å². The monoisotopic (exact) mass is 280 g/mol. The van der Waals surface area contributed by atoms with Crippen molar-refractivity contribution in [2.24, 2.45) is 5.73 Å². The summed E-state index contributed by atoms with van der Waals surface area (Å²) in [6, 6.07) is 4.18. The zero-order valence-corrected chi connectivity index (χ0v) is 11.0. The molecule has 20 heavy (non-hydrogen) atoms. The van der Waals surface area contributed by atoms with E-state index in [2.05, 4.69) is 0 Å². The lowest BCUT2D eigenvalue weighted by molar-refractivity contribution is -0.148. The van der Waals surface area contributed by atoms with Crippen molar-refractivity contribution in [2.45, 2.75) is 31.3 Å². The molecule has 1 aromatic carbocycles. The Morgan fingerprint density at radius 3 is 2.65 bits per heavy atom. The van der Waals surface area contributed by atoms with E-state index in [0.29, 0.717) is 19.4 Å². The average molecular weight is 280 g/mol. The molecule has 6 heteroatoms. The van der Waals surface area contributed by atoms with Crippen molar-refractivity contribution in [3.8, 4) is 0 Å². The predicted octanol–water partition coefficient (Wildman–Crippen LogP) is 0.771. The summed E-state index contributed by atoms with van der Waals surface area (Å²) in [7, 11) is 0. The van der Waals surface area contributed by atoms with Gasteiger partial charge in [-0.1, -0.05) is 12.1 Å². The van der Waals surface area contributed by atoms with Crippen LogP contribution in [0, 0.1) is 5.82 Å². The third kappa shape index (κ3) is 3.14. The molecule has 2 rings (SSSR count). The number of benzene rings is 1. The normalized spacial score (nSPS) is 19.9. The molecule has 5 nitrogen and oxygen atoms in total. The number of hydrogen-bond acceptors (Lipinski definition) is 3. The number of carbonyl (C=O) groups excluding carboxylic acids is 1. The van der Waals surface area contributed by atoms with Gasteiger partial charge in [-0.15, -0.1) is 0 Å². The smallest absolute Gasteiger partial charge is 0.326 e. The summed E-state index contributed by atoms with van der Waals surface area (Å²) in [5, 5.41) is 9.06. The van der Waals surface area contributed by atoms with Crippen LogP contribution in [0.15, 0.2) is 24.3 Å². The zero-order chi connectivity index (χ0) is 14.7. The molecular weight excluding hydrogens is 263 g/mol. The summed E-state index contributed by atoms with van der Waals surface area (Å²) >= 11 is 0. The molecule has 108 valence electrons. The molecule has 1 aromatic rings. The summed E-state index contributed by atoms with van der Waals surface area (Å²) in [5.74, 6) is -1.71. The highest BCUT2D eigenvalue weighted by atomic mass is 19.1. The molecule has 1 amide bonds. The summed E-state index contributed by atoms with van der Waals surface area (Å²) in [4.78, 5) is 24.6. The molecule has 1 heterocycles. The van der Waals surface area contributed by atoms with Crippen LogP contribution in [0.4, 0.5) is 4.39 Å².